The molecule has 8 heavy (non-hydrogen) atoms. The van der Waals surface area contributed by atoms with E-state index in [2.05, 4.69) is 9.97 Å². The van der Waals surface area contributed by atoms with E-state index in [1.54, 1.807) is 6.33 Å². The van der Waals surface area contributed by atoms with Crippen molar-refractivity contribution in [2.75, 3.05) is 0 Å². The maximum Gasteiger partial charge on any atom is 0.0925 e. The van der Waals surface area contributed by atoms with Crippen molar-refractivity contribution in [3.05, 3.63) is 17.7 Å². The molecule has 1 aromatic heterocycles. The van der Waals surface area contributed by atoms with E-state index in [0.717, 1.165) is 11.4 Å². The van der Waals surface area contributed by atoms with Gasteiger partial charge in [-0.25, -0.2) is 4.98 Å². The van der Waals surface area contributed by atoms with Crippen LogP contribution in [0.2, 0.25) is 0 Å². The average Bonchev–Trinajstić information content (AvgIpc) is 1.91. The lowest BCUT2D eigenvalue weighted by Crippen LogP contribution is -1.71. The molecule has 1 aromatic rings. The molecule has 0 amide bonds. The van der Waals surface area contributed by atoms with E-state index < -0.39 is 0 Å². The molecule has 2 heteroatoms. The largest absolute Gasteiger partial charge is 0.348 e. The Morgan fingerprint density at radius 1 is 1.50 bits per heavy atom. The molecule has 0 aliphatic carbocycles. The summed E-state index contributed by atoms with van der Waals surface area (Å²) in [6.45, 7) is 3.98. The maximum absolute atomic E-state index is 3.96. The first-order valence-corrected chi connectivity index (χ1v) is 2.27. The van der Waals surface area contributed by atoms with E-state index in [1.165, 1.54) is 0 Å². The van der Waals surface area contributed by atoms with Gasteiger partial charge >= 0.3 is 0 Å². The van der Waals surface area contributed by atoms with Gasteiger partial charge in [0.2, 0.25) is 0 Å². The van der Waals surface area contributed by atoms with Crippen LogP contribution in [-0.2, 0) is 0 Å². The highest BCUT2D eigenvalue weighted by atomic mass is 14.9. The van der Waals surface area contributed by atoms with Crippen LogP contribution < -0.4 is 0 Å². The molecule has 46 valence electrons. The zero-order valence-electron chi connectivity index (χ0n) is 4.52. The number of nitrogens with one attached hydrogen (secondary N) is 1. The molecule has 0 saturated carbocycles. The smallest absolute Gasteiger partial charge is 0.0925 e. The van der Waals surface area contributed by atoms with Crippen LogP contribution in [0.25, 0.3) is 0 Å². The van der Waals surface area contributed by atoms with Gasteiger partial charge in [-0.15, -0.1) is 0 Å². The van der Waals surface area contributed by atoms with Crippen LogP contribution in [0.5, 0.6) is 0 Å². The number of nitrogens with zero attached hydrogens (tertiary/aromatic N) is 1. The zero-order chi connectivity index (χ0) is 5.28. The van der Waals surface area contributed by atoms with E-state index in [1.807, 2.05) is 13.8 Å². The summed E-state index contributed by atoms with van der Waals surface area (Å²) in [5.41, 5.74) is 2.24. The Morgan fingerprint density at radius 2 is 2.12 bits per heavy atom. The highest BCUT2D eigenvalue weighted by molar-refractivity contribution is 5.04. The molecular formula is C6H12N2. The van der Waals surface area contributed by atoms with Crippen molar-refractivity contribution in [2.24, 2.45) is 0 Å². The third-order valence-electron chi connectivity index (χ3n) is 1.08. The Bertz CT molecular complexity index is 139. The van der Waals surface area contributed by atoms with E-state index >= 15 is 0 Å². The number of rotatable bonds is 0. The molecule has 0 saturated heterocycles. The molecular weight excluding hydrogens is 100 g/mol. The zero-order valence-corrected chi connectivity index (χ0v) is 4.52. The van der Waals surface area contributed by atoms with Crippen LogP contribution in [-0.4, -0.2) is 9.97 Å². The van der Waals surface area contributed by atoms with Crippen LogP contribution in [0.15, 0.2) is 6.33 Å². The van der Waals surface area contributed by atoms with Gasteiger partial charge in [0, 0.05) is 5.69 Å². The lowest BCUT2D eigenvalue weighted by atomic mass is 10.4. The second-order valence-corrected chi connectivity index (χ2v) is 1.61. The van der Waals surface area contributed by atoms with E-state index in [-0.39, 0.29) is 7.43 Å². The number of aryl methyl sites for hydroxylation is 2. The summed E-state index contributed by atoms with van der Waals surface area (Å²) in [4.78, 5) is 6.92. The first kappa shape index (κ1) is 7.21. The van der Waals surface area contributed by atoms with Gasteiger partial charge in [0.1, 0.15) is 0 Å². The Balaban J connectivity index is 0.000000490. The highest BCUT2D eigenvalue weighted by Crippen LogP contribution is 1.94. The van der Waals surface area contributed by atoms with E-state index in [4.69, 9.17) is 0 Å². The van der Waals surface area contributed by atoms with Crippen LogP contribution >= 0.6 is 0 Å². The monoisotopic (exact) mass is 112 g/mol. The van der Waals surface area contributed by atoms with Gasteiger partial charge in [-0.05, 0) is 13.8 Å². The summed E-state index contributed by atoms with van der Waals surface area (Å²) in [6, 6.07) is 0. The quantitative estimate of drug-likeness (QED) is 0.543. The number of aromatic amines is 1. The number of H-pyrrole nitrogens is 1. The Kier molecular flexibility index (Phi) is 2.25. The van der Waals surface area contributed by atoms with Gasteiger partial charge in [-0.1, -0.05) is 7.43 Å². The third-order valence-corrected chi connectivity index (χ3v) is 1.08. The Morgan fingerprint density at radius 3 is 2.25 bits per heavy atom. The second-order valence-electron chi connectivity index (χ2n) is 1.61. The third kappa shape index (κ3) is 1.09. The minimum atomic E-state index is 0. The maximum atomic E-state index is 3.96. The number of hydrogen-bond acceptors (Lipinski definition) is 1. The molecule has 1 N–H and O–H groups in total. The molecule has 0 fully saturated rings. The van der Waals surface area contributed by atoms with Crippen LogP contribution in [0.3, 0.4) is 0 Å². The van der Waals surface area contributed by atoms with Crippen molar-refractivity contribution in [2.45, 2.75) is 21.3 Å². The first-order chi connectivity index (χ1) is 3.30. The second kappa shape index (κ2) is 2.50. The SMILES string of the molecule is C.Cc1nc[nH]c1C. The lowest BCUT2D eigenvalue weighted by molar-refractivity contribution is 1.22. The molecule has 0 aromatic carbocycles. The predicted octanol–water partition coefficient (Wildman–Crippen LogP) is 1.66. The van der Waals surface area contributed by atoms with Gasteiger partial charge in [0.05, 0.1) is 12.0 Å². The normalized spacial score (nSPS) is 8.25. The van der Waals surface area contributed by atoms with Crippen molar-refractivity contribution in [1.82, 2.24) is 9.97 Å². The fourth-order valence-corrected chi connectivity index (χ4v) is 0.427. The topological polar surface area (TPSA) is 28.7 Å². The molecule has 0 unspecified atom stereocenters. The summed E-state index contributed by atoms with van der Waals surface area (Å²) in [5, 5.41) is 0. The van der Waals surface area contributed by atoms with E-state index in [0.29, 0.717) is 0 Å². The molecule has 0 aliphatic heterocycles. The molecule has 0 radical (unpaired) electrons. The van der Waals surface area contributed by atoms with Gasteiger partial charge in [0.25, 0.3) is 0 Å². The van der Waals surface area contributed by atoms with Gasteiger partial charge < -0.3 is 4.98 Å². The van der Waals surface area contributed by atoms with Gasteiger partial charge in [-0.2, -0.15) is 0 Å². The molecule has 1 rings (SSSR count). The Labute approximate surface area is 50.0 Å². The Hall–Kier alpha value is -0.790. The van der Waals surface area contributed by atoms with Crippen LogP contribution in [0.4, 0.5) is 0 Å². The van der Waals surface area contributed by atoms with Gasteiger partial charge in [-0.3, -0.25) is 0 Å². The summed E-state index contributed by atoms with van der Waals surface area (Å²) < 4.78 is 0. The lowest BCUT2D eigenvalue weighted by Gasteiger charge is -1.79. The minimum absolute atomic E-state index is 0. The molecule has 1 heterocycles. The van der Waals surface area contributed by atoms with Crippen LogP contribution in [0, 0.1) is 13.8 Å². The molecule has 0 spiro atoms. The summed E-state index contributed by atoms with van der Waals surface area (Å²) in [5.74, 6) is 0. The van der Waals surface area contributed by atoms with Crippen molar-refractivity contribution < 1.29 is 0 Å². The predicted molar refractivity (Wildman–Crippen MR) is 34.8 cm³/mol. The fraction of sp³-hybridized carbons (Fsp3) is 0.500. The average molecular weight is 112 g/mol. The van der Waals surface area contributed by atoms with E-state index in [9.17, 15) is 0 Å². The van der Waals surface area contributed by atoms with Crippen molar-refractivity contribution in [3.63, 3.8) is 0 Å². The number of hydrogen-bond donors (Lipinski definition) is 1. The summed E-state index contributed by atoms with van der Waals surface area (Å²) in [7, 11) is 0. The number of imidazole rings is 1. The van der Waals surface area contributed by atoms with Crippen molar-refractivity contribution in [1.29, 1.82) is 0 Å². The minimum Gasteiger partial charge on any atom is -0.348 e. The summed E-state index contributed by atoms with van der Waals surface area (Å²) in [6.07, 6.45) is 1.70. The molecule has 0 bridgehead atoms. The molecule has 0 atom stereocenters. The number of aromatic nitrogens is 2. The molecule has 2 nitrogen and oxygen atoms in total. The standard InChI is InChI=1S/C5H8N2.CH4/c1-4-5(2)7-3-6-4;/h3H,1-2H3,(H,6,7);1H4. The molecule has 0 aliphatic rings. The summed E-state index contributed by atoms with van der Waals surface area (Å²) >= 11 is 0. The fourth-order valence-electron chi connectivity index (χ4n) is 0.427. The van der Waals surface area contributed by atoms with Crippen molar-refractivity contribution >= 4 is 0 Å². The highest BCUT2D eigenvalue weighted by Gasteiger charge is 1.87. The van der Waals surface area contributed by atoms with Gasteiger partial charge in [0.15, 0.2) is 0 Å². The van der Waals surface area contributed by atoms with Crippen LogP contribution in [0.1, 0.15) is 18.8 Å². The first-order valence-electron chi connectivity index (χ1n) is 2.27. The van der Waals surface area contributed by atoms with Crippen molar-refractivity contribution in [3.8, 4) is 0 Å².